The van der Waals surface area contributed by atoms with E-state index < -0.39 is 21.4 Å². The first-order chi connectivity index (χ1) is 6.61. The third kappa shape index (κ3) is 7.17. The molecule has 1 nitrogen and oxygen atoms in total. The van der Waals surface area contributed by atoms with Crippen LogP contribution in [-0.4, -0.2) is 45.5 Å². The van der Waals surface area contributed by atoms with E-state index in [1.165, 1.54) is 30.1 Å². The third-order valence-electron chi connectivity index (χ3n) is 3.08. The Morgan fingerprint density at radius 3 is 2.21 bits per heavy atom. The van der Waals surface area contributed by atoms with Crippen LogP contribution in [-0.2, 0) is 0 Å². The van der Waals surface area contributed by atoms with Crippen LogP contribution in [0.3, 0.4) is 0 Å². The first-order valence-electron chi connectivity index (χ1n) is 6.35. The van der Waals surface area contributed by atoms with Crippen LogP contribution in [0.1, 0.15) is 40.5 Å². The molecule has 84 valence electrons. The first-order valence-corrected chi connectivity index (χ1v) is 14.3. The van der Waals surface area contributed by atoms with E-state index in [-0.39, 0.29) is 0 Å². The van der Waals surface area contributed by atoms with Gasteiger partial charge in [-0.2, -0.15) is 0 Å². The molecule has 0 aliphatic rings. The topological polar surface area (TPSA) is 3.24 Å². The Kier molecular flexibility index (Phi) is 9.62. The van der Waals surface area contributed by atoms with Gasteiger partial charge in [0.05, 0.1) is 0 Å². The molecule has 0 aliphatic carbocycles. The molecule has 0 unspecified atom stereocenters. The molecule has 0 aliphatic heterocycles. The maximum atomic E-state index is 2.63. The summed E-state index contributed by atoms with van der Waals surface area (Å²) in [4.78, 5) is 2.63. The molecule has 0 heterocycles. The molecule has 0 N–H and O–H groups in total. The zero-order chi connectivity index (χ0) is 11.0. The van der Waals surface area contributed by atoms with Gasteiger partial charge in [-0.3, -0.25) is 0 Å². The van der Waals surface area contributed by atoms with E-state index >= 15 is 0 Å². The predicted molar refractivity (Wildman–Crippen MR) is 68.5 cm³/mol. The van der Waals surface area contributed by atoms with Crippen molar-refractivity contribution >= 4 is 21.4 Å². The average molecular weight is 301 g/mol. The fourth-order valence-corrected chi connectivity index (χ4v) is 5.44. The van der Waals surface area contributed by atoms with Crippen LogP contribution < -0.4 is 0 Å². The van der Waals surface area contributed by atoms with Crippen LogP contribution in [0, 0.1) is 0 Å². The SMILES string of the molecule is CCCN(CC[CH2][In]([CH3])[CH2]C)C(C)C. The molecule has 0 rings (SSSR count). The Morgan fingerprint density at radius 2 is 1.79 bits per heavy atom. The Labute approximate surface area is 98.8 Å². The van der Waals surface area contributed by atoms with Crippen LogP contribution in [0.2, 0.25) is 13.0 Å². The van der Waals surface area contributed by atoms with Crippen LogP contribution in [0.15, 0.2) is 0 Å². The van der Waals surface area contributed by atoms with E-state index in [2.05, 4.69) is 37.3 Å². The van der Waals surface area contributed by atoms with Crippen molar-refractivity contribution in [1.29, 1.82) is 0 Å². The summed E-state index contributed by atoms with van der Waals surface area (Å²) in [6.45, 7) is 11.9. The van der Waals surface area contributed by atoms with Gasteiger partial charge in [-0.05, 0) is 0 Å². The van der Waals surface area contributed by atoms with Gasteiger partial charge in [0.25, 0.3) is 0 Å². The van der Waals surface area contributed by atoms with Gasteiger partial charge in [-0.1, -0.05) is 0 Å². The zero-order valence-electron chi connectivity index (χ0n) is 10.8. The summed E-state index contributed by atoms with van der Waals surface area (Å²) in [5, 5.41) is 0. The Bertz CT molecular complexity index is 125. The van der Waals surface area contributed by atoms with Crippen molar-refractivity contribution in [3.8, 4) is 0 Å². The first kappa shape index (κ1) is 14.8. The minimum atomic E-state index is -0.946. The fourth-order valence-electron chi connectivity index (χ4n) is 1.76. The molecule has 2 heteroatoms. The van der Waals surface area contributed by atoms with Crippen molar-refractivity contribution in [3.05, 3.63) is 0 Å². The van der Waals surface area contributed by atoms with Crippen LogP contribution >= 0.6 is 0 Å². The van der Waals surface area contributed by atoms with Crippen LogP contribution in [0.25, 0.3) is 0 Å². The Balaban J connectivity index is 3.60. The van der Waals surface area contributed by atoms with Crippen molar-refractivity contribution < 1.29 is 0 Å². The molecule has 0 bridgehead atoms. The van der Waals surface area contributed by atoms with Crippen LogP contribution in [0.5, 0.6) is 0 Å². The van der Waals surface area contributed by atoms with Gasteiger partial charge in [0.15, 0.2) is 0 Å². The monoisotopic (exact) mass is 301 g/mol. The number of nitrogens with zero attached hydrogens (tertiary/aromatic N) is 1. The number of rotatable bonds is 8. The summed E-state index contributed by atoms with van der Waals surface area (Å²) in [6.07, 6.45) is 2.76. The van der Waals surface area contributed by atoms with Gasteiger partial charge in [-0.25, -0.2) is 0 Å². The molecule has 0 radical (unpaired) electrons. The second kappa shape index (κ2) is 9.08. The molecule has 0 aromatic carbocycles. The Morgan fingerprint density at radius 1 is 1.14 bits per heavy atom. The van der Waals surface area contributed by atoms with E-state index in [9.17, 15) is 0 Å². The van der Waals surface area contributed by atoms with Crippen molar-refractivity contribution in [3.63, 3.8) is 0 Å². The molecule has 14 heavy (non-hydrogen) atoms. The van der Waals surface area contributed by atoms with E-state index in [4.69, 9.17) is 0 Å². The van der Waals surface area contributed by atoms with E-state index in [1.54, 1.807) is 4.18 Å². The van der Waals surface area contributed by atoms with Gasteiger partial charge in [0.1, 0.15) is 0 Å². The normalized spacial score (nSPS) is 11.4. The van der Waals surface area contributed by atoms with Crippen molar-refractivity contribution in [2.24, 2.45) is 0 Å². The Hall–Kier alpha value is 0.830. The van der Waals surface area contributed by atoms with Gasteiger partial charge >= 0.3 is 99.0 Å². The standard InChI is InChI=1S/C9H20N.C2H5.CH3.In/c1-5-7-10(8-6-2)9(3)4;1-2;;/h9H,1,5-8H2,2-4H3;1H2,2H3;1H3;. The van der Waals surface area contributed by atoms with Crippen molar-refractivity contribution in [1.82, 2.24) is 4.90 Å². The summed E-state index contributed by atoms with van der Waals surface area (Å²) in [6, 6.07) is 0.738. The van der Waals surface area contributed by atoms with Crippen molar-refractivity contribution in [2.75, 3.05) is 13.1 Å². The zero-order valence-corrected chi connectivity index (χ0v) is 14.1. The quantitative estimate of drug-likeness (QED) is 0.661. The minimum absolute atomic E-state index is 0.738. The maximum absolute atomic E-state index is 2.63. The summed E-state index contributed by atoms with van der Waals surface area (Å²) < 4.78 is 5.71. The third-order valence-corrected chi connectivity index (χ3v) is 11.0. The van der Waals surface area contributed by atoms with Crippen LogP contribution in [0.4, 0.5) is 0 Å². The van der Waals surface area contributed by atoms with Gasteiger partial charge in [0, 0.05) is 0 Å². The molecular weight excluding hydrogens is 273 g/mol. The molecule has 0 spiro atoms. The predicted octanol–water partition coefficient (Wildman–Crippen LogP) is 3.64. The van der Waals surface area contributed by atoms with Gasteiger partial charge in [0.2, 0.25) is 0 Å². The summed E-state index contributed by atoms with van der Waals surface area (Å²) in [5.74, 6) is 0. The molecule has 0 saturated heterocycles. The van der Waals surface area contributed by atoms with E-state index in [0.717, 1.165) is 6.04 Å². The van der Waals surface area contributed by atoms with Gasteiger partial charge in [-0.15, -0.1) is 0 Å². The van der Waals surface area contributed by atoms with Gasteiger partial charge < -0.3 is 0 Å². The summed E-state index contributed by atoms with van der Waals surface area (Å²) in [5.41, 5.74) is 0. The second-order valence-electron chi connectivity index (χ2n) is 4.79. The van der Waals surface area contributed by atoms with E-state index in [0.29, 0.717) is 0 Å². The summed E-state index contributed by atoms with van der Waals surface area (Å²) >= 11 is -0.946. The summed E-state index contributed by atoms with van der Waals surface area (Å²) in [7, 11) is 0. The number of hydrogen-bond donors (Lipinski definition) is 0. The van der Waals surface area contributed by atoms with Crippen molar-refractivity contribution in [2.45, 2.75) is 59.6 Å². The molecule has 0 fully saturated rings. The molecule has 0 aromatic rings. The molecule has 0 aromatic heterocycles. The molecule has 0 atom stereocenters. The second-order valence-corrected chi connectivity index (χ2v) is 15.1. The van der Waals surface area contributed by atoms with E-state index in [1.807, 2.05) is 0 Å². The fraction of sp³-hybridized carbons (Fsp3) is 1.00. The molecular formula is C12H28InN. The molecule has 0 amide bonds. The average Bonchev–Trinajstić information content (AvgIpc) is 2.16. The number of hydrogen-bond acceptors (Lipinski definition) is 1. The molecule has 0 saturated carbocycles.